The SMILES string of the molecule is CCc1cnc(C(C)NCC2CCC(C)O2)s1. The molecule has 4 heteroatoms. The first-order chi connectivity index (χ1) is 8.19. The lowest BCUT2D eigenvalue weighted by Gasteiger charge is -2.15. The van der Waals surface area contributed by atoms with Gasteiger partial charge in [0.05, 0.1) is 18.2 Å². The van der Waals surface area contributed by atoms with E-state index in [1.807, 2.05) is 17.5 Å². The zero-order valence-corrected chi connectivity index (χ0v) is 11.7. The smallest absolute Gasteiger partial charge is 0.109 e. The molecule has 1 aromatic heterocycles. The molecule has 96 valence electrons. The topological polar surface area (TPSA) is 34.2 Å². The molecule has 1 N–H and O–H groups in total. The van der Waals surface area contributed by atoms with Gasteiger partial charge in [0.2, 0.25) is 0 Å². The Morgan fingerprint density at radius 3 is 3.00 bits per heavy atom. The Kier molecular flexibility index (Phi) is 4.54. The molecule has 3 unspecified atom stereocenters. The molecule has 0 spiro atoms. The molecular weight excluding hydrogens is 232 g/mol. The van der Waals surface area contributed by atoms with E-state index >= 15 is 0 Å². The molecule has 1 saturated heterocycles. The highest BCUT2D eigenvalue weighted by Gasteiger charge is 2.22. The highest BCUT2D eigenvalue weighted by molar-refractivity contribution is 7.11. The van der Waals surface area contributed by atoms with Gasteiger partial charge in [0, 0.05) is 17.6 Å². The maximum absolute atomic E-state index is 5.79. The zero-order chi connectivity index (χ0) is 12.3. The molecule has 0 saturated carbocycles. The Hall–Kier alpha value is -0.450. The van der Waals surface area contributed by atoms with Crippen molar-refractivity contribution in [2.75, 3.05) is 6.54 Å². The summed E-state index contributed by atoms with van der Waals surface area (Å²) in [7, 11) is 0. The van der Waals surface area contributed by atoms with Crippen LogP contribution in [0.15, 0.2) is 6.20 Å². The fourth-order valence-corrected chi connectivity index (χ4v) is 3.00. The number of ether oxygens (including phenoxy) is 1. The van der Waals surface area contributed by atoms with Crippen LogP contribution in [0.25, 0.3) is 0 Å². The van der Waals surface area contributed by atoms with Gasteiger partial charge in [0.15, 0.2) is 0 Å². The molecule has 1 aliphatic rings. The predicted octanol–water partition coefficient (Wildman–Crippen LogP) is 2.92. The number of thiazole rings is 1. The van der Waals surface area contributed by atoms with Crippen molar-refractivity contribution >= 4 is 11.3 Å². The summed E-state index contributed by atoms with van der Waals surface area (Å²) in [5.41, 5.74) is 0. The van der Waals surface area contributed by atoms with E-state index in [2.05, 4.69) is 31.1 Å². The van der Waals surface area contributed by atoms with Crippen molar-refractivity contribution in [2.45, 2.75) is 58.3 Å². The Labute approximate surface area is 108 Å². The van der Waals surface area contributed by atoms with Crippen LogP contribution in [0.4, 0.5) is 0 Å². The molecule has 3 atom stereocenters. The van der Waals surface area contributed by atoms with E-state index in [-0.39, 0.29) is 0 Å². The second-order valence-corrected chi connectivity index (χ2v) is 5.94. The van der Waals surface area contributed by atoms with E-state index < -0.39 is 0 Å². The number of aromatic nitrogens is 1. The minimum atomic E-state index is 0.333. The minimum Gasteiger partial charge on any atom is -0.374 e. The van der Waals surface area contributed by atoms with Crippen LogP contribution in [0.5, 0.6) is 0 Å². The van der Waals surface area contributed by atoms with E-state index in [4.69, 9.17) is 4.74 Å². The summed E-state index contributed by atoms with van der Waals surface area (Å²) in [5.74, 6) is 0. The number of hydrogen-bond donors (Lipinski definition) is 1. The largest absolute Gasteiger partial charge is 0.374 e. The summed E-state index contributed by atoms with van der Waals surface area (Å²) in [4.78, 5) is 5.82. The minimum absolute atomic E-state index is 0.333. The van der Waals surface area contributed by atoms with Crippen molar-refractivity contribution in [1.82, 2.24) is 10.3 Å². The second-order valence-electron chi connectivity index (χ2n) is 4.79. The van der Waals surface area contributed by atoms with Crippen LogP contribution in [0.2, 0.25) is 0 Å². The third kappa shape index (κ3) is 3.50. The molecule has 0 amide bonds. The average Bonchev–Trinajstić information content (AvgIpc) is 2.94. The summed E-state index contributed by atoms with van der Waals surface area (Å²) < 4.78 is 5.79. The number of nitrogens with one attached hydrogen (secondary N) is 1. The highest BCUT2D eigenvalue weighted by atomic mass is 32.1. The second kappa shape index (κ2) is 5.94. The molecule has 3 nitrogen and oxygen atoms in total. The van der Waals surface area contributed by atoms with E-state index in [9.17, 15) is 0 Å². The lowest BCUT2D eigenvalue weighted by molar-refractivity contribution is 0.0546. The molecule has 1 fully saturated rings. The Bertz CT molecular complexity index is 353. The third-order valence-electron chi connectivity index (χ3n) is 3.26. The fraction of sp³-hybridized carbons (Fsp3) is 0.769. The van der Waals surface area contributed by atoms with Gasteiger partial charge in [-0.15, -0.1) is 11.3 Å². The number of aryl methyl sites for hydroxylation is 1. The number of hydrogen-bond acceptors (Lipinski definition) is 4. The Morgan fingerprint density at radius 2 is 2.41 bits per heavy atom. The van der Waals surface area contributed by atoms with E-state index in [0.717, 1.165) is 13.0 Å². The van der Waals surface area contributed by atoms with Gasteiger partial charge in [-0.25, -0.2) is 4.98 Å². The summed E-state index contributed by atoms with van der Waals surface area (Å²) in [6, 6.07) is 0.333. The number of rotatable bonds is 5. The molecule has 0 aliphatic carbocycles. The summed E-state index contributed by atoms with van der Waals surface area (Å²) in [5, 5.41) is 4.71. The van der Waals surface area contributed by atoms with Crippen molar-refractivity contribution in [2.24, 2.45) is 0 Å². The molecule has 2 heterocycles. The lowest BCUT2D eigenvalue weighted by Crippen LogP contribution is -2.29. The predicted molar refractivity (Wildman–Crippen MR) is 71.5 cm³/mol. The van der Waals surface area contributed by atoms with Crippen LogP contribution in [0.1, 0.15) is 49.5 Å². The standard InChI is InChI=1S/C13H22N2OS/c1-4-12-8-15-13(17-12)10(3)14-7-11-6-5-9(2)16-11/h8-11,14H,4-7H2,1-3H3. The fourth-order valence-electron chi connectivity index (χ4n) is 2.12. The molecule has 17 heavy (non-hydrogen) atoms. The van der Waals surface area contributed by atoms with Crippen molar-refractivity contribution in [3.8, 4) is 0 Å². The van der Waals surface area contributed by atoms with Crippen LogP contribution in [-0.4, -0.2) is 23.7 Å². The first-order valence-electron chi connectivity index (χ1n) is 6.52. The van der Waals surface area contributed by atoms with Gasteiger partial charge in [-0.2, -0.15) is 0 Å². The summed E-state index contributed by atoms with van der Waals surface area (Å²) in [6.07, 6.45) is 6.26. The van der Waals surface area contributed by atoms with E-state index in [1.165, 1.54) is 22.7 Å². The van der Waals surface area contributed by atoms with Gasteiger partial charge in [0.25, 0.3) is 0 Å². The van der Waals surface area contributed by atoms with Crippen LogP contribution >= 0.6 is 11.3 Å². The van der Waals surface area contributed by atoms with Gasteiger partial charge in [0.1, 0.15) is 5.01 Å². The van der Waals surface area contributed by atoms with Crippen LogP contribution in [0.3, 0.4) is 0 Å². The maximum atomic E-state index is 5.79. The maximum Gasteiger partial charge on any atom is 0.109 e. The van der Waals surface area contributed by atoms with Gasteiger partial charge in [-0.3, -0.25) is 0 Å². The van der Waals surface area contributed by atoms with Crippen LogP contribution < -0.4 is 5.32 Å². The average molecular weight is 254 g/mol. The van der Waals surface area contributed by atoms with Gasteiger partial charge in [-0.1, -0.05) is 6.92 Å². The van der Waals surface area contributed by atoms with E-state index in [0.29, 0.717) is 18.2 Å². The summed E-state index contributed by atoms with van der Waals surface area (Å²) in [6.45, 7) is 7.43. The quantitative estimate of drug-likeness (QED) is 0.877. The van der Waals surface area contributed by atoms with Crippen molar-refractivity contribution in [3.63, 3.8) is 0 Å². The lowest BCUT2D eigenvalue weighted by atomic mass is 10.2. The van der Waals surface area contributed by atoms with Gasteiger partial charge < -0.3 is 10.1 Å². The molecule has 0 aromatic carbocycles. The van der Waals surface area contributed by atoms with Crippen LogP contribution in [0, 0.1) is 0 Å². The Balaban J connectivity index is 1.78. The molecule has 2 rings (SSSR count). The first kappa shape index (κ1) is 13.0. The molecule has 0 bridgehead atoms. The monoisotopic (exact) mass is 254 g/mol. The zero-order valence-electron chi connectivity index (χ0n) is 10.9. The normalized spacial score (nSPS) is 26.3. The van der Waals surface area contributed by atoms with Crippen molar-refractivity contribution in [1.29, 1.82) is 0 Å². The molecule has 0 radical (unpaired) electrons. The molecule has 1 aromatic rings. The van der Waals surface area contributed by atoms with E-state index in [1.54, 1.807) is 0 Å². The third-order valence-corrected chi connectivity index (χ3v) is 4.59. The number of nitrogens with zero attached hydrogens (tertiary/aromatic N) is 1. The van der Waals surface area contributed by atoms with Crippen molar-refractivity contribution in [3.05, 3.63) is 16.1 Å². The molecular formula is C13H22N2OS. The van der Waals surface area contributed by atoms with Crippen LogP contribution in [-0.2, 0) is 11.2 Å². The van der Waals surface area contributed by atoms with Crippen molar-refractivity contribution < 1.29 is 4.74 Å². The highest BCUT2D eigenvalue weighted by Crippen LogP contribution is 2.22. The van der Waals surface area contributed by atoms with Gasteiger partial charge >= 0.3 is 0 Å². The van der Waals surface area contributed by atoms with Gasteiger partial charge in [-0.05, 0) is 33.1 Å². The first-order valence-corrected chi connectivity index (χ1v) is 7.34. The molecule has 1 aliphatic heterocycles. The Morgan fingerprint density at radius 1 is 1.59 bits per heavy atom. The summed E-state index contributed by atoms with van der Waals surface area (Å²) >= 11 is 1.81.